The summed E-state index contributed by atoms with van der Waals surface area (Å²) in [6.07, 6.45) is 1.70. The van der Waals surface area contributed by atoms with Crippen LogP contribution in [-0.4, -0.2) is 37.9 Å². The molecule has 0 aromatic heterocycles. The van der Waals surface area contributed by atoms with E-state index >= 15 is 0 Å². The van der Waals surface area contributed by atoms with Crippen molar-refractivity contribution in [3.05, 3.63) is 24.3 Å². The standard InChI is InChI=1S/C16H24N2O3/c1-4-15(19)18-12-8-6-11(7-9-12)17-13-10-14(21-5-2)16(13)20-3/h6-9,13-14,16-17H,4-5,10H2,1-3H3,(H,18,19). The van der Waals surface area contributed by atoms with Crippen molar-refractivity contribution in [2.45, 2.75) is 44.9 Å². The molecule has 1 fully saturated rings. The van der Waals surface area contributed by atoms with Gasteiger partial charge in [0.25, 0.3) is 0 Å². The van der Waals surface area contributed by atoms with Gasteiger partial charge in [-0.15, -0.1) is 0 Å². The fraction of sp³-hybridized carbons (Fsp3) is 0.562. The van der Waals surface area contributed by atoms with E-state index in [0.29, 0.717) is 13.0 Å². The van der Waals surface area contributed by atoms with Crippen molar-refractivity contribution in [3.63, 3.8) is 0 Å². The van der Waals surface area contributed by atoms with Crippen LogP contribution in [-0.2, 0) is 14.3 Å². The molecule has 1 aromatic rings. The molecule has 1 amide bonds. The second-order valence-corrected chi connectivity index (χ2v) is 5.16. The van der Waals surface area contributed by atoms with E-state index < -0.39 is 0 Å². The van der Waals surface area contributed by atoms with Crippen LogP contribution in [0.15, 0.2) is 24.3 Å². The summed E-state index contributed by atoms with van der Waals surface area (Å²) in [5.74, 6) is 0.0219. The summed E-state index contributed by atoms with van der Waals surface area (Å²) in [4.78, 5) is 11.3. The molecule has 116 valence electrons. The molecule has 1 aliphatic carbocycles. The zero-order valence-corrected chi connectivity index (χ0v) is 12.9. The third-order valence-electron chi connectivity index (χ3n) is 3.74. The Bertz CT molecular complexity index is 461. The van der Waals surface area contributed by atoms with Crippen molar-refractivity contribution in [3.8, 4) is 0 Å². The van der Waals surface area contributed by atoms with Crippen molar-refractivity contribution in [2.24, 2.45) is 0 Å². The lowest BCUT2D eigenvalue weighted by Gasteiger charge is -2.43. The van der Waals surface area contributed by atoms with Gasteiger partial charge in [-0.05, 0) is 37.6 Å². The molecular weight excluding hydrogens is 268 g/mol. The van der Waals surface area contributed by atoms with E-state index in [0.717, 1.165) is 17.8 Å². The summed E-state index contributed by atoms with van der Waals surface area (Å²) in [7, 11) is 1.72. The van der Waals surface area contributed by atoms with Gasteiger partial charge in [-0.25, -0.2) is 0 Å². The molecule has 0 spiro atoms. The third kappa shape index (κ3) is 3.95. The highest BCUT2D eigenvalue weighted by atomic mass is 16.5. The molecule has 0 saturated heterocycles. The lowest BCUT2D eigenvalue weighted by Crippen LogP contribution is -2.56. The maximum Gasteiger partial charge on any atom is 0.224 e. The molecule has 0 aliphatic heterocycles. The Kier molecular flexibility index (Phi) is 5.59. The van der Waals surface area contributed by atoms with Crippen LogP contribution in [0.5, 0.6) is 0 Å². The number of nitrogens with one attached hydrogen (secondary N) is 2. The maximum atomic E-state index is 11.3. The quantitative estimate of drug-likeness (QED) is 0.811. The van der Waals surface area contributed by atoms with E-state index in [2.05, 4.69) is 10.6 Å². The van der Waals surface area contributed by atoms with Gasteiger partial charge in [0.15, 0.2) is 0 Å². The van der Waals surface area contributed by atoms with Crippen molar-refractivity contribution in [1.82, 2.24) is 0 Å². The molecule has 1 saturated carbocycles. The molecule has 3 unspecified atom stereocenters. The number of rotatable bonds is 7. The number of hydrogen-bond acceptors (Lipinski definition) is 4. The molecule has 5 heteroatoms. The van der Waals surface area contributed by atoms with Gasteiger partial charge in [0.05, 0.1) is 12.1 Å². The molecule has 2 N–H and O–H groups in total. The van der Waals surface area contributed by atoms with Crippen LogP contribution in [0.1, 0.15) is 26.7 Å². The molecule has 21 heavy (non-hydrogen) atoms. The van der Waals surface area contributed by atoms with Crippen molar-refractivity contribution >= 4 is 17.3 Å². The minimum Gasteiger partial charge on any atom is -0.379 e. The number of hydrogen-bond donors (Lipinski definition) is 2. The van der Waals surface area contributed by atoms with E-state index in [-0.39, 0.29) is 24.2 Å². The minimum atomic E-state index is 0.0219. The molecule has 0 heterocycles. The van der Waals surface area contributed by atoms with E-state index in [1.54, 1.807) is 7.11 Å². The molecule has 2 rings (SSSR count). The first-order valence-corrected chi connectivity index (χ1v) is 7.48. The zero-order chi connectivity index (χ0) is 15.2. The number of amides is 1. The number of methoxy groups -OCH3 is 1. The van der Waals surface area contributed by atoms with Crippen LogP contribution in [0.2, 0.25) is 0 Å². The molecule has 1 aliphatic rings. The molecule has 0 bridgehead atoms. The van der Waals surface area contributed by atoms with Crippen molar-refractivity contribution in [2.75, 3.05) is 24.4 Å². The van der Waals surface area contributed by atoms with Gasteiger partial charge in [-0.2, -0.15) is 0 Å². The fourth-order valence-electron chi connectivity index (χ4n) is 2.53. The van der Waals surface area contributed by atoms with Crippen LogP contribution in [0.3, 0.4) is 0 Å². The van der Waals surface area contributed by atoms with Gasteiger partial charge in [0, 0.05) is 31.5 Å². The number of ether oxygens (including phenoxy) is 2. The van der Waals surface area contributed by atoms with Crippen LogP contribution in [0.25, 0.3) is 0 Å². The van der Waals surface area contributed by atoms with Crippen LogP contribution in [0.4, 0.5) is 11.4 Å². The van der Waals surface area contributed by atoms with E-state index in [1.807, 2.05) is 38.1 Å². The van der Waals surface area contributed by atoms with Gasteiger partial charge in [-0.3, -0.25) is 4.79 Å². The number of carbonyl (C=O) groups excluding carboxylic acids is 1. The van der Waals surface area contributed by atoms with Gasteiger partial charge >= 0.3 is 0 Å². The number of benzene rings is 1. The average Bonchev–Trinajstić information content (AvgIpc) is 2.48. The topological polar surface area (TPSA) is 59.6 Å². The molecular formula is C16H24N2O3. The lowest BCUT2D eigenvalue weighted by molar-refractivity contribution is -0.118. The predicted molar refractivity (Wildman–Crippen MR) is 83.6 cm³/mol. The Hall–Kier alpha value is -1.59. The fourth-order valence-corrected chi connectivity index (χ4v) is 2.53. The Morgan fingerprint density at radius 2 is 1.90 bits per heavy atom. The predicted octanol–water partition coefficient (Wildman–Crippen LogP) is 2.64. The van der Waals surface area contributed by atoms with Crippen LogP contribution >= 0.6 is 0 Å². The smallest absolute Gasteiger partial charge is 0.224 e. The van der Waals surface area contributed by atoms with E-state index in [1.165, 1.54) is 0 Å². The Morgan fingerprint density at radius 1 is 1.24 bits per heavy atom. The summed E-state index contributed by atoms with van der Waals surface area (Å²) >= 11 is 0. The summed E-state index contributed by atoms with van der Waals surface area (Å²) in [5, 5.41) is 6.28. The molecule has 3 atom stereocenters. The highest BCUT2D eigenvalue weighted by Gasteiger charge is 2.42. The summed E-state index contributed by atoms with van der Waals surface area (Å²) in [6, 6.07) is 7.99. The molecule has 1 aromatic carbocycles. The van der Waals surface area contributed by atoms with Gasteiger partial charge in [0.1, 0.15) is 6.10 Å². The minimum absolute atomic E-state index is 0.0219. The average molecular weight is 292 g/mol. The van der Waals surface area contributed by atoms with E-state index in [4.69, 9.17) is 9.47 Å². The Labute approximate surface area is 126 Å². The number of anilines is 2. The highest BCUT2D eigenvalue weighted by Crippen LogP contribution is 2.30. The first kappa shape index (κ1) is 15.8. The summed E-state index contributed by atoms with van der Waals surface area (Å²) in [5.41, 5.74) is 1.84. The maximum absolute atomic E-state index is 11.3. The summed E-state index contributed by atoms with van der Waals surface area (Å²) in [6.45, 7) is 4.54. The first-order chi connectivity index (χ1) is 10.2. The van der Waals surface area contributed by atoms with Crippen LogP contribution in [0, 0.1) is 0 Å². The zero-order valence-electron chi connectivity index (χ0n) is 12.9. The largest absolute Gasteiger partial charge is 0.379 e. The van der Waals surface area contributed by atoms with Gasteiger partial charge in [-0.1, -0.05) is 6.92 Å². The van der Waals surface area contributed by atoms with Gasteiger partial charge < -0.3 is 20.1 Å². The normalized spacial score (nSPS) is 24.2. The Morgan fingerprint density at radius 3 is 2.48 bits per heavy atom. The molecule has 0 radical (unpaired) electrons. The number of carbonyl (C=O) groups is 1. The Balaban J connectivity index is 1.88. The monoisotopic (exact) mass is 292 g/mol. The highest BCUT2D eigenvalue weighted by molar-refractivity contribution is 5.90. The van der Waals surface area contributed by atoms with Gasteiger partial charge in [0.2, 0.25) is 5.91 Å². The second-order valence-electron chi connectivity index (χ2n) is 5.16. The second kappa shape index (κ2) is 7.43. The van der Waals surface area contributed by atoms with Crippen molar-refractivity contribution < 1.29 is 14.3 Å². The van der Waals surface area contributed by atoms with Crippen LogP contribution < -0.4 is 10.6 Å². The first-order valence-electron chi connectivity index (χ1n) is 7.48. The third-order valence-corrected chi connectivity index (χ3v) is 3.74. The molecule has 5 nitrogen and oxygen atoms in total. The SMILES string of the molecule is CCOC1CC(Nc2ccc(NC(=O)CC)cc2)C1OC. The van der Waals surface area contributed by atoms with Crippen molar-refractivity contribution in [1.29, 1.82) is 0 Å². The lowest BCUT2D eigenvalue weighted by atomic mass is 9.85. The summed E-state index contributed by atoms with van der Waals surface area (Å²) < 4.78 is 11.1. The van der Waals surface area contributed by atoms with E-state index in [9.17, 15) is 4.79 Å².